The number of aromatic nitrogens is 2. The maximum Gasteiger partial charge on any atom is 0.227 e. The van der Waals surface area contributed by atoms with E-state index in [2.05, 4.69) is 20.6 Å². The molecule has 0 aliphatic carbocycles. The van der Waals surface area contributed by atoms with Gasteiger partial charge >= 0.3 is 0 Å². The van der Waals surface area contributed by atoms with Crippen LogP contribution in [0.4, 0.5) is 11.4 Å². The molecule has 2 N–H and O–H groups in total. The lowest BCUT2D eigenvalue weighted by molar-refractivity contribution is -0.121. The SMILES string of the molecule is Cc1ccc2nc(-c3ccc(NC(=O)CCC(=O)Nc4ccc(-c5nc6ccc(C)cc6o5)cc4)cc3)oc2c1. The van der Waals surface area contributed by atoms with E-state index in [9.17, 15) is 9.59 Å². The van der Waals surface area contributed by atoms with Gasteiger partial charge in [-0.25, -0.2) is 9.97 Å². The van der Waals surface area contributed by atoms with Crippen molar-refractivity contribution in [2.75, 3.05) is 10.6 Å². The minimum Gasteiger partial charge on any atom is -0.436 e. The topological polar surface area (TPSA) is 110 Å². The van der Waals surface area contributed by atoms with E-state index in [0.717, 1.165) is 44.5 Å². The van der Waals surface area contributed by atoms with Crippen molar-refractivity contribution in [2.45, 2.75) is 26.7 Å². The van der Waals surface area contributed by atoms with E-state index in [1.165, 1.54) is 0 Å². The Morgan fingerprint density at radius 2 is 1.00 bits per heavy atom. The average Bonchev–Trinajstić information content (AvgIpc) is 3.56. The number of nitrogens with zero attached hydrogens (tertiary/aromatic N) is 2. The second-order valence-electron chi connectivity index (χ2n) is 9.73. The summed E-state index contributed by atoms with van der Waals surface area (Å²) in [6.45, 7) is 4.01. The molecule has 40 heavy (non-hydrogen) atoms. The Morgan fingerprint density at radius 3 is 1.40 bits per heavy atom. The largest absolute Gasteiger partial charge is 0.436 e. The van der Waals surface area contributed by atoms with Crippen molar-refractivity contribution >= 4 is 45.4 Å². The van der Waals surface area contributed by atoms with Crippen LogP contribution in [-0.4, -0.2) is 21.8 Å². The number of benzene rings is 4. The zero-order valence-electron chi connectivity index (χ0n) is 22.0. The van der Waals surface area contributed by atoms with Gasteiger partial charge in [0.05, 0.1) is 0 Å². The Hall–Kier alpha value is -5.24. The molecule has 0 fully saturated rings. The van der Waals surface area contributed by atoms with Crippen LogP contribution >= 0.6 is 0 Å². The molecule has 0 radical (unpaired) electrons. The minimum absolute atomic E-state index is 0.0540. The predicted molar refractivity (Wildman–Crippen MR) is 155 cm³/mol. The number of anilines is 2. The molecular weight excluding hydrogens is 504 g/mol. The van der Waals surface area contributed by atoms with E-state index in [0.29, 0.717) is 23.2 Å². The van der Waals surface area contributed by atoms with Gasteiger partial charge in [0, 0.05) is 35.3 Å². The van der Waals surface area contributed by atoms with Gasteiger partial charge in [-0.05, 0) is 97.8 Å². The third-order valence-corrected chi connectivity index (χ3v) is 6.50. The Morgan fingerprint density at radius 1 is 0.600 bits per heavy atom. The predicted octanol–water partition coefficient (Wildman–Crippen LogP) is 7.28. The fourth-order valence-electron chi connectivity index (χ4n) is 4.38. The van der Waals surface area contributed by atoms with Gasteiger partial charge in [-0.15, -0.1) is 0 Å². The number of carbonyl (C=O) groups excluding carboxylic acids is 2. The van der Waals surface area contributed by atoms with Gasteiger partial charge in [-0.3, -0.25) is 9.59 Å². The number of aryl methyl sites for hydroxylation is 2. The summed E-state index contributed by atoms with van der Waals surface area (Å²) in [6, 6.07) is 26.2. The van der Waals surface area contributed by atoms with Crippen LogP contribution in [0, 0.1) is 13.8 Å². The third-order valence-electron chi connectivity index (χ3n) is 6.50. The van der Waals surface area contributed by atoms with Crippen molar-refractivity contribution < 1.29 is 18.4 Å². The smallest absolute Gasteiger partial charge is 0.227 e. The second kappa shape index (κ2) is 10.5. The molecule has 2 amide bonds. The van der Waals surface area contributed by atoms with Crippen molar-refractivity contribution in [3.63, 3.8) is 0 Å². The summed E-state index contributed by atoms with van der Waals surface area (Å²) >= 11 is 0. The summed E-state index contributed by atoms with van der Waals surface area (Å²) in [5.74, 6) is 0.544. The first-order chi connectivity index (χ1) is 19.4. The van der Waals surface area contributed by atoms with Gasteiger partial charge in [0.1, 0.15) is 11.0 Å². The van der Waals surface area contributed by atoms with Crippen LogP contribution in [0.2, 0.25) is 0 Å². The van der Waals surface area contributed by atoms with Gasteiger partial charge < -0.3 is 19.5 Å². The number of nitrogens with one attached hydrogen (secondary N) is 2. The van der Waals surface area contributed by atoms with Gasteiger partial charge in [0.2, 0.25) is 23.6 Å². The Kier molecular flexibility index (Phi) is 6.57. The molecule has 4 aromatic carbocycles. The molecule has 0 unspecified atom stereocenters. The van der Waals surface area contributed by atoms with Crippen molar-refractivity contribution in [3.8, 4) is 22.9 Å². The quantitative estimate of drug-likeness (QED) is 0.224. The number of oxazole rings is 2. The van der Waals surface area contributed by atoms with E-state index >= 15 is 0 Å². The van der Waals surface area contributed by atoms with E-state index in [1.807, 2.05) is 74.5 Å². The van der Waals surface area contributed by atoms with Crippen LogP contribution in [0.1, 0.15) is 24.0 Å². The Bertz CT molecular complexity index is 1710. The highest BCUT2D eigenvalue weighted by Crippen LogP contribution is 2.27. The van der Waals surface area contributed by atoms with Crippen molar-refractivity contribution in [1.29, 1.82) is 0 Å². The number of fused-ring (bicyclic) bond motifs is 2. The van der Waals surface area contributed by atoms with Gasteiger partial charge in [-0.2, -0.15) is 0 Å². The molecule has 8 nitrogen and oxygen atoms in total. The molecule has 0 bridgehead atoms. The monoisotopic (exact) mass is 530 g/mol. The highest BCUT2D eigenvalue weighted by molar-refractivity contribution is 5.97. The zero-order chi connectivity index (χ0) is 27.6. The standard InChI is InChI=1S/C32H26N4O4/c1-19-3-13-25-27(17-19)39-31(35-25)21-5-9-23(10-6-21)33-29(37)15-16-30(38)34-24-11-7-22(8-12-24)32-36-26-14-4-20(2)18-28(26)40-32/h3-14,17-18H,15-16H2,1-2H3,(H,33,37)(H,34,38). The number of carbonyl (C=O) groups is 2. The summed E-state index contributed by atoms with van der Waals surface area (Å²) < 4.78 is 11.7. The van der Waals surface area contributed by atoms with E-state index < -0.39 is 0 Å². The van der Waals surface area contributed by atoms with Crippen molar-refractivity contribution in [2.24, 2.45) is 0 Å². The van der Waals surface area contributed by atoms with Gasteiger partial charge in [0.15, 0.2) is 11.2 Å². The van der Waals surface area contributed by atoms with Crippen molar-refractivity contribution in [3.05, 3.63) is 96.1 Å². The molecule has 0 aliphatic rings. The second-order valence-corrected chi connectivity index (χ2v) is 9.73. The van der Waals surface area contributed by atoms with Crippen LogP contribution in [0.5, 0.6) is 0 Å². The fourth-order valence-corrected chi connectivity index (χ4v) is 4.38. The summed E-state index contributed by atoms with van der Waals surface area (Å²) in [4.78, 5) is 33.9. The summed E-state index contributed by atoms with van der Waals surface area (Å²) in [5, 5.41) is 5.65. The van der Waals surface area contributed by atoms with Crippen molar-refractivity contribution in [1.82, 2.24) is 9.97 Å². The summed E-state index contributed by atoms with van der Waals surface area (Å²) in [7, 11) is 0. The molecule has 0 aliphatic heterocycles. The lowest BCUT2D eigenvalue weighted by Gasteiger charge is -2.07. The number of rotatable bonds is 7. The third kappa shape index (κ3) is 5.47. The van der Waals surface area contributed by atoms with Crippen LogP contribution in [0.25, 0.3) is 45.1 Å². The number of hydrogen-bond donors (Lipinski definition) is 2. The molecule has 0 atom stereocenters. The molecule has 198 valence electrons. The Balaban J connectivity index is 1.00. The summed E-state index contributed by atoms with van der Waals surface area (Å²) in [6.07, 6.45) is 0.108. The molecule has 6 aromatic rings. The normalized spacial score (nSPS) is 11.2. The molecule has 2 heterocycles. The minimum atomic E-state index is -0.248. The van der Waals surface area contributed by atoms with Crippen LogP contribution in [-0.2, 0) is 9.59 Å². The number of amides is 2. The first-order valence-electron chi connectivity index (χ1n) is 12.9. The van der Waals surface area contributed by atoms with Gasteiger partial charge in [0.25, 0.3) is 0 Å². The molecule has 6 rings (SSSR count). The molecular formula is C32H26N4O4. The van der Waals surface area contributed by atoms with E-state index in [-0.39, 0.29) is 24.7 Å². The average molecular weight is 531 g/mol. The lowest BCUT2D eigenvalue weighted by Crippen LogP contribution is -2.17. The first-order valence-corrected chi connectivity index (χ1v) is 12.9. The molecule has 8 heteroatoms. The van der Waals surface area contributed by atoms with Crippen LogP contribution in [0.15, 0.2) is 93.8 Å². The lowest BCUT2D eigenvalue weighted by atomic mass is 10.2. The maximum atomic E-state index is 12.4. The first kappa shape index (κ1) is 25.1. The molecule has 2 aromatic heterocycles. The van der Waals surface area contributed by atoms with Gasteiger partial charge in [-0.1, -0.05) is 12.1 Å². The number of hydrogen-bond acceptors (Lipinski definition) is 6. The van der Waals surface area contributed by atoms with E-state index in [1.54, 1.807) is 24.3 Å². The fraction of sp³-hybridized carbons (Fsp3) is 0.125. The summed E-state index contributed by atoms with van der Waals surface area (Å²) in [5.41, 5.74) is 8.15. The molecule has 0 saturated carbocycles. The molecule has 0 saturated heterocycles. The van der Waals surface area contributed by atoms with Crippen LogP contribution in [0.3, 0.4) is 0 Å². The molecule has 0 spiro atoms. The zero-order valence-corrected chi connectivity index (χ0v) is 22.0. The van der Waals surface area contributed by atoms with E-state index in [4.69, 9.17) is 8.83 Å². The highest BCUT2D eigenvalue weighted by atomic mass is 16.4. The maximum absolute atomic E-state index is 12.4. The Labute approximate surface area is 230 Å². The van der Waals surface area contributed by atoms with Crippen LogP contribution < -0.4 is 10.6 Å². The highest BCUT2D eigenvalue weighted by Gasteiger charge is 2.12.